The predicted molar refractivity (Wildman–Crippen MR) is 279 cm³/mol. The highest BCUT2D eigenvalue weighted by Crippen LogP contribution is 2.67. The van der Waals surface area contributed by atoms with E-state index in [1.165, 1.54) is 55.3 Å². The van der Waals surface area contributed by atoms with E-state index in [1.54, 1.807) is 0 Å². The van der Waals surface area contributed by atoms with E-state index < -0.39 is 10.8 Å². The first kappa shape index (κ1) is 38.2. The summed E-state index contributed by atoms with van der Waals surface area (Å²) in [4.78, 5) is 2.59. The van der Waals surface area contributed by atoms with Crippen LogP contribution in [0.5, 0.6) is 23.0 Å². The van der Waals surface area contributed by atoms with Crippen LogP contribution in [0.1, 0.15) is 44.5 Å². The number of fused-ring (bicyclic) bond motifs is 20. The molecule has 0 unspecified atom stereocenters. The molecule has 0 bridgehead atoms. The lowest BCUT2D eigenvalue weighted by Gasteiger charge is -2.40. The van der Waals surface area contributed by atoms with Gasteiger partial charge in [0, 0.05) is 38.8 Å². The highest BCUT2D eigenvalue weighted by molar-refractivity contribution is 6.13. The molecule has 2 aliphatic carbocycles. The van der Waals surface area contributed by atoms with E-state index in [0.717, 1.165) is 73.4 Å². The van der Waals surface area contributed by atoms with Crippen LogP contribution in [-0.2, 0) is 10.8 Å². The van der Waals surface area contributed by atoms with Gasteiger partial charge in [0.2, 0.25) is 0 Å². The van der Waals surface area contributed by atoms with Gasteiger partial charge in [0.25, 0.3) is 0 Å². The number of para-hydroxylation sites is 5. The summed E-state index contributed by atoms with van der Waals surface area (Å²) >= 11 is 0. The topological polar surface area (TPSA) is 21.7 Å². The van der Waals surface area contributed by atoms with E-state index >= 15 is 0 Å². The zero-order chi connectivity index (χ0) is 45.3. The molecule has 2 aliphatic heterocycles. The number of nitrogens with zero attached hydrogens (tertiary/aromatic N) is 1. The van der Waals surface area contributed by atoms with Gasteiger partial charge >= 0.3 is 0 Å². The lowest BCUT2D eigenvalue weighted by Crippen LogP contribution is -2.32. The standard InChI is InChI=1S/C66H41NO2/c1-2-21-42(22-3-1)43-23-8-15-35-56(43)67(57-36-20-34-54-64(57)47-27-7-10-29-49(47)65(54)50-30-11-16-37-59(50)68-60-38-17-12-31-51(60)65)58-41-55-63(45-25-5-4-24-44(45)58)46-26-6-9-28-48(46)66(55)52-32-13-18-39-61(52)69-62-40-19-14-33-53(62)66/h1-41H. The Morgan fingerprint density at radius 2 is 0.667 bits per heavy atom. The zero-order valence-corrected chi connectivity index (χ0v) is 37.4. The van der Waals surface area contributed by atoms with Gasteiger partial charge in [0.05, 0.1) is 27.9 Å². The van der Waals surface area contributed by atoms with Crippen molar-refractivity contribution in [3.8, 4) is 56.4 Å². The third-order valence-corrected chi connectivity index (χ3v) is 15.4. The Hall–Kier alpha value is -8.92. The first-order valence-corrected chi connectivity index (χ1v) is 23.8. The second-order valence-corrected chi connectivity index (χ2v) is 18.6. The molecule has 15 rings (SSSR count). The van der Waals surface area contributed by atoms with Crippen molar-refractivity contribution in [2.45, 2.75) is 10.8 Å². The molecule has 2 heterocycles. The number of benzene rings is 11. The maximum Gasteiger partial charge on any atom is 0.132 e. The fourth-order valence-corrected chi connectivity index (χ4v) is 12.9. The molecule has 0 N–H and O–H groups in total. The fraction of sp³-hybridized carbons (Fsp3) is 0.0303. The maximum atomic E-state index is 6.83. The van der Waals surface area contributed by atoms with Gasteiger partial charge in [-0.1, -0.05) is 206 Å². The van der Waals surface area contributed by atoms with Gasteiger partial charge in [-0.15, -0.1) is 0 Å². The largest absolute Gasteiger partial charge is 0.457 e. The van der Waals surface area contributed by atoms with Crippen LogP contribution in [0.3, 0.4) is 0 Å². The van der Waals surface area contributed by atoms with Crippen LogP contribution < -0.4 is 14.4 Å². The van der Waals surface area contributed by atoms with E-state index in [-0.39, 0.29) is 0 Å². The molecule has 322 valence electrons. The second-order valence-electron chi connectivity index (χ2n) is 18.6. The van der Waals surface area contributed by atoms with Crippen LogP contribution in [0.4, 0.5) is 17.1 Å². The lowest BCUT2D eigenvalue weighted by atomic mass is 9.66. The van der Waals surface area contributed by atoms with Crippen molar-refractivity contribution < 1.29 is 9.47 Å². The smallest absolute Gasteiger partial charge is 0.132 e. The molecule has 3 nitrogen and oxygen atoms in total. The number of hydrogen-bond donors (Lipinski definition) is 0. The van der Waals surface area contributed by atoms with Gasteiger partial charge in [-0.05, 0) is 92.4 Å². The Bertz CT molecular complexity index is 3850. The Balaban J connectivity index is 1.11. The van der Waals surface area contributed by atoms with Gasteiger partial charge in [-0.2, -0.15) is 0 Å². The molecule has 0 saturated carbocycles. The number of anilines is 3. The molecule has 0 radical (unpaired) electrons. The minimum absolute atomic E-state index is 0.640. The third kappa shape index (κ3) is 4.96. The summed E-state index contributed by atoms with van der Waals surface area (Å²) in [7, 11) is 0. The van der Waals surface area contributed by atoms with Gasteiger partial charge in [0.1, 0.15) is 23.0 Å². The molecule has 0 aromatic heterocycles. The molecule has 3 heteroatoms. The molecule has 4 aliphatic rings. The Labute approximate surface area is 400 Å². The highest BCUT2D eigenvalue weighted by Gasteiger charge is 2.54. The Kier molecular flexibility index (Phi) is 7.92. The zero-order valence-electron chi connectivity index (χ0n) is 37.4. The SMILES string of the molecule is c1ccc(-c2ccccc2N(c2cccc3c2-c2ccccc2C32c3ccccc3Oc3ccccc32)c2cc3c(c4ccccc24)-c2ccccc2C32c3ccccc3Oc3ccccc32)cc1. The average Bonchev–Trinajstić information content (AvgIpc) is 3.88. The van der Waals surface area contributed by atoms with Crippen LogP contribution in [0.25, 0.3) is 44.2 Å². The van der Waals surface area contributed by atoms with Crippen molar-refractivity contribution in [2.24, 2.45) is 0 Å². The summed E-state index contributed by atoms with van der Waals surface area (Å²) in [5.41, 5.74) is 18.7. The van der Waals surface area contributed by atoms with Crippen molar-refractivity contribution >= 4 is 27.8 Å². The van der Waals surface area contributed by atoms with Crippen LogP contribution in [0.2, 0.25) is 0 Å². The lowest BCUT2D eigenvalue weighted by molar-refractivity contribution is 0.436. The van der Waals surface area contributed by atoms with E-state index in [4.69, 9.17) is 9.47 Å². The Morgan fingerprint density at radius 3 is 1.25 bits per heavy atom. The average molecular weight is 880 g/mol. The van der Waals surface area contributed by atoms with Gasteiger partial charge in [-0.25, -0.2) is 0 Å². The fourth-order valence-electron chi connectivity index (χ4n) is 12.9. The predicted octanol–water partition coefficient (Wildman–Crippen LogP) is 16.9. The molecule has 0 amide bonds. The first-order valence-electron chi connectivity index (χ1n) is 23.8. The number of rotatable bonds is 4. The molecule has 11 aromatic rings. The third-order valence-electron chi connectivity index (χ3n) is 15.4. The summed E-state index contributed by atoms with van der Waals surface area (Å²) in [5.74, 6) is 3.50. The number of ether oxygens (including phenoxy) is 2. The van der Waals surface area contributed by atoms with Gasteiger partial charge < -0.3 is 14.4 Å². The monoisotopic (exact) mass is 879 g/mol. The van der Waals surface area contributed by atoms with Crippen LogP contribution in [-0.4, -0.2) is 0 Å². The molecular formula is C66H41NO2. The highest BCUT2D eigenvalue weighted by atomic mass is 16.5. The van der Waals surface area contributed by atoms with Crippen LogP contribution in [0, 0.1) is 0 Å². The summed E-state index contributed by atoms with van der Waals surface area (Å²) < 4.78 is 13.6. The van der Waals surface area contributed by atoms with Crippen molar-refractivity contribution in [1.82, 2.24) is 0 Å². The second kappa shape index (κ2) is 14.3. The molecule has 0 saturated heterocycles. The van der Waals surface area contributed by atoms with Gasteiger partial charge in [0.15, 0.2) is 0 Å². The molecule has 0 fully saturated rings. The quantitative estimate of drug-likeness (QED) is 0.176. The van der Waals surface area contributed by atoms with Crippen molar-refractivity contribution in [3.63, 3.8) is 0 Å². The summed E-state index contributed by atoms with van der Waals surface area (Å²) in [6.45, 7) is 0. The van der Waals surface area contributed by atoms with Crippen molar-refractivity contribution in [2.75, 3.05) is 4.90 Å². The van der Waals surface area contributed by atoms with E-state index in [9.17, 15) is 0 Å². The van der Waals surface area contributed by atoms with E-state index in [0.29, 0.717) is 0 Å². The Morgan fingerprint density at radius 1 is 0.261 bits per heavy atom. The van der Waals surface area contributed by atoms with Crippen LogP contribution in [0.15, 0.2) is 249 Å². The minimum atomic E-state index is -0.675. The summed E-state index contributed by atoms with van der Waals surface area (Å²) in [5, 5.41) is 2.37. The van der Waals surface area contributed by atoms with Crippen molar-refractivity contribution in [1.29, 1.82) is 0 Å². The molecule has 11 aromatic carbocycles. The first-order chi connectivity index (χ1) is 34.3. The molecule has 0 atom stereocenters. The normalized spacial score (nSPS) is 14.3. The maximum absolute atomic E-state index is 6.83. The van der Waals surface area contributed by atoms with E-state index in [2.05, 4.69) is 254 Å². The van der Waals surface area contributed by atoms with Gasteiger partial charge in [-0.3, -0.25) is 0 Å². The summed E-state index contributed by atoms with van der Waals surface area (Å²) in [6, 6.07) is 91.1. The van der Waals surface area contributed by atoms with Crippen molar-refractivity contribution in [3.05, 3.63) is 293 Å². The number of hydrogen-bond acceptors (Lipinski definition) is 3. The minimum Gasteiger partial charge on any atom is -0.457 e. The molecular weight excluding hydrogens is 839 g/mol. The molecule has 2 spiro atoms. The summed E-state index contributed by atoms with van der Waals surface area (Å²) in [6.07, 6.45) is 0. The molecule has 69 heavy (non-hydrogen) atoms. The van der Waals surface area contributed by atoms with Crippen LogP contribution >= 0.6 is 0 Å². The van der Waals surface area contributed by atoms with E-state index in [1.807, 2.05) is 0 Å².